The van der Waals surface area contributed by atoms with E-state index in [1.807, 2.05) is 80.8 Å². The lowest BCUT2D eigenvalue weighted by Crippen LogP contribution is -2.28. The number of esters is 1. The Morgan fingerprint density at radius 3 is 2.36 bits per heavy atom. The van der Waals surface area contributed by atoms with Crippen LogP contribution in [0, 0.1) is 5.92 Å². The van der Waals surface area contributed by atoms with E-state index in [0.717, 1.165) is 35.0 Å². The summed E-state index contributed by atoms with van der Waals surface area (Å²) in [5.41, 5.74) is 3.21. The second kappa shape index (κ2) is 9.00. The van der Waals surface area contributed by atoms with Crippen LogP contribution < -0.4 is 0 Å². The molecule has 0 spiro atoms. The van der Waals surface area contributed by atoms with Crippen molar-refractivity contribution in [2.45, 2.75) is 70.9 Å². The van der Waals surface area contributed by atoms with Crippen molar-refractivity contribution in [3.8, 4) is 0 Å². The molecule has 2 aromatic carbocycles. The summed E-state index contributed by atoms with van der Waals surface area (Å²) in [5.74, 6) is -1.01. The van der Waals surface area contributed by atoms with Gasteiger partial charge < -0.3 is 14.4 Å². The summed E-state index contributed by atoms with van der Waals surface area (Å²) in [6.45, 7) is 8.06. The van der Waals surface area contributed by atoms with Crippen LogP contribution in [0.5, 0.6) is 0 Å². The number of benzene rings is 2. The first-order valence-electron chi connectivity index (χ1n) is 11.7. The molecule has 1 saturated carbocycles. The van der Waals surface area contributed by atoms with Crippen molar-refractivity contribution in [2.75, 3.05) is 0 Å². The number of nitrogens with zero attached hydrogens (tertiary/aromatic N) is 2. The van der Waals surface area contributed by atoms with E-state index >= 15 is 0 Å². The molecule has 0 saturated heterocycles. The molecule has 33 heavy (non-hydrogen) atoms. The minimum Gasteiger partial charge on any atom is -0.481 e. The molecule has 2 unspecified atom stereocenters. The largest absolute Gasteiger partial charge is 0.481 e. The van der Waals surface area contributed by atoms with Gasteiger partial charge in [-0.2, -0.15) is 0 Å². The maximum Gasteiger partial charge on any atom is 0.314 e. The Labute approximate surface area is 194 Å². The molecule has 3 aromatic rings. The van der Waals surface area contributed by atoms with Gasteiger partial charge in [-0.15, -0.1) is 0 Å². The van der Waals surface area contributed by atoms with Crippen molar-refractivity contribution in [1.82, 2.24) is 9.55 Å². The number of aliphatic carboxylic acids is 1. The second-order valence-corrected chi connectivity index (χ2v) is 9.93. The summed E-state index contributed by atoms with van der Waals surface area (Å²) in [4.78, 5) is 29.4. The maximum absolute atomic E-state index is 12.9. The molecule has 6 heteroatoms. The molecule has 174 valence electrons. The zero-order valence-corrected chi connectivity index (χ0v) is 19.7. The smallest absolute Gasteiger partial charge is 0.314 e. The Morgan fingerprint density at radius 2 is 1.79 bits per heavy atom. The highest BCUT2D eigenvalue weighted by Gasteiger charge is 2.39. The lowest BCUT2D eigenvalue weighted by molar-refractivity contribution is -0.157. The van der Waals surface area contributed by atoms with Gasteiger partial charge in [-0.3, -0.25) is 9.59 Å². The first-order valence-corrected chi connectivity index (χ1v) is 11.7. The summed E-state index contributed by atoms with van der Waals surface area (Å²) < 4.78 is 7.69. The molecule has 0 aliphatic heterocycles. The average molecular weight is 449 g/mol. The van der Waals surface area contributed by atoms with Crippen LogP contribution in [0.15, 0.2) is 48.5 Å². The number of imidazole rings is 1. The normalized spacial score (nSPS) is 15.9. The average Bonchev–Trinajstić information content (AvgIpc) is 3.51. The minimum atomic E-state index is -0.867. The lowest BCUT2D eigenvalue weighted by atomic mass is 9.93. The third-order valence-electron chi connectivity index (χ3n) is 6.14. The number of carbonyl (C=O) groups is 2. The van der Waals surface area contributed by atoms with Crippen LogP contribution in [0.25, 0.3) is 11.0 Å². The minimum absolute atomic E-state index is 0.159. The van der Waals surface area contributed by atoms with E-state index in [0.29, 0.717) is 24.7 Å². The van der Waals surface area contributed by atoms with Gasteiger partial charge in [0.2, 0.25) is 0 Å². The zero-order valence-electron chi connectivity index (χ0n) is 19.7. The van der Waals surface area contributed by atoms with Crippen LogP contribution in [-0.2, 0) is 20.9 Å². The Hall–Kier alpha value is -3.15. The van der Waals surface area contributed by atoms with Gasteiger partial charge in [0, 0.05) is 6.54 Å². The number of carboxylic acids is 1. The fourth-order valence-electron chi connectivity index (χ4n) is 4.40. The molecule has 0 radical (unpaired) electrons. The highest BCUT2D eigenvalue weighted by atomic mass is 16.6. The third kappa shape index (κ3) is 5.10. The predicted octanol–water partition coefficient (Wildman–Crippen LogP) is 5.50. The van der Waals surface area contributed by atoms with Crippen LogP contribution in [-0.4, -0.2) is 32.2 Å². The molecular weight excluding hydrogens is 416 g/mol. The number of hydrogen-bond donors (Lipinski definition) is 1. The molecule has 2 atom stereocenters. The molecule has 1 aliphatic rings. The first-order chi connectivity index (χ1) is 15.7. The van der Waals surface area contributed by atoms with Gasteiger partial charge in [0.05, 0.1) is 17.0 Å². The number of aromatic nitrogens is 2. The molecule has 1 N–H and O–H groups in total. The highest BCUT2D eigenvalue weighted by molar-refractivity contribution is 5.81. The molecule has 0 bridgehead atoms. The molecule has 1 fully saturated rings. The Balaban J connectivity index is 1.63. The topological polar surface area (TPSA) is 81.4 Å². The number of carbonyl (C=O) groups excluding carboxylic acids is 1. The summed E-state index contributed by atoms with van der Waals surface area (Å²) >= 11 is 0. The quantitative estimate of drug-likeness (QED) is 0.460. The molecule has 4 rings (SSSR count). The van der Waals surface area contributed by atoms with Gasteiger partial charge in [-0.25, -0.2) is 4.98 Å². The van der Waals surface area contributed by atoms with Crippen LogP contribution in [0.4, 0.5) is 0 Å². The maximum atomic E-state index is 12.9. The molecule has 6 nitrogen and oxygen atoms in total. The van der Waals surface area contributed by atoms with Crippen molar-refractivity contribution in [2.24, 2.45) is 5.92 Å². The van der Waals surface area contributed by atoms with Gasteiger partial charge in [-0.1, -0.05) is 43.3 Å². The van der Waals surface area contributed by atoms with Crippen LogP contribution in [0.3, 0.4) is 0 Å². The fourth-order valence-corrected chi connectivity index (χ4v) is 4.40. The molecule has 1 heterocycles. The molecule has 0 amide bonds. The van der Waals surface area contributed by atoms with Crippen molar-refractivity contribution >= 4 is 23.0 Å². The molecule has 1 aromatic heterocycles. The summed E-state index contributed by atoms with van der Waals surface area (Å²) in [6.07, 6.45) is 2.56. The second-order valence-electron chi connectivity index (χ2n) is 9.93. The van der Waals surface area contributed by atoms with E-state index in [1.165, 1.54) is 0 Å². The van der Waals surface area contributed by atoms with Crippen LogP contribution in [0.2, 0.25) is 0 Å². The van der Waals surface area contributed by atoms with E-state index < -0.39 is 17.5 Å². The van der Waals surface area contributed by atoms with Gasteiger partial charge in [0.15, 0.2) is 0 Å². The van der Waals surface area contributed by atoms with Gasteiger partial charge in [0.1, 0.15) is 17.3 Å². The van der Waals surface area contributed by atoms with Crippen molar-refractivity contribution in [3.05, 3.63) is 65.5 Å². The standard InChI is InChI=1S/C27H32N2O4/c1-5-20(25(30)31)24-28-21-8-6-7-9-22(21)29(24)16-17-10-12-18(13-11-17)23(19-14-15-19)26(32)33-27(2,3)4/h6-13,19-20,23H,5,14-16H2,1-4H3,(H,30,31). The highest BCUT2D eigenvalue weighted by Crippen LogP contribution is 2.44. The number of para-hydroxylation sites is 2. The number of carboxylic acid groups (broad SMARTS) is 1. The Bertz CT molecular complexity index is 1150. The summed E-state index contributed by atoms with van der Waals surface area (Å²) in [5, 5.41) is 9.73. The number of fused-ring (bicyclic) bond motifs is 1. The van der Waals surface area contributed by atoms with Crippen molar-refractivity contribution in [1.29, 1.82) is 0 Å². The fraction of sp³-hybridized carbons (Fsp3) is 0.444. The van der Waals surface area contributed by atoms with Crippen LogP contribution >= 0.6 is 0 Å². The van der Waals surface area contributed by atoms with E-state index in [4.69, 9.17) is 4.74 Å². The lowest BCUT2D eigenvalue weighted by Gasteiger charge is -2.24. The van der Waals surface area contributed by atoms with E-state index in [1.54, 1.807) is 0 Å². The first kappa shape index (κ1) is 23.0. The summed E-state index contributed by atoms with van der Waals surface area (Å²) in [7, 11) is 0. The number of rotatable bonds is 8. The van der Waals surface area contributed by atoms with Gasteiger partial charge in [0.25, 0.3) is 0 Å². The molecular formula is C27H32N2O4. The predicted molar refractivity (Wildman–Crippen MR) is 127 cm³/mol. The zero-order chi connectivity index (χ0) is 23.8. The monoisotopic (exact) mass is 448 g/mol. The third-order valence-corrected chi connectivity index (χ3v) is 6.14. The molecule has 1 aliphatic carbocycles. The van der Waals surface area contributed by atoms with Gasteiger partial charge >= 0.3 is 11.9 Å². The summed E-state index contributed by atoms with van der Waals surface area (Å²) in [6, 6.07) is 15.8. The number of ether oxygens (including phenoxy) is 1. The number of hydrogen-bond acceptors (Lipinski definition) is 4. The van der Waals surface area contributed by atoms with Crippen molar-refractivity contribution < 1.29 is 19.4 Å². The Kier molecular flexibility index (Phi) is 6.28. The van der Waals surface area contributed by atoms with Crippen LogP contribution in [0.1, 0.15) is 75.7 Å². The SMILES string of the molecule is CCC(C(=O)O)c1nc2ccccc2n1Cc1ccc(C(C(=O)OC(C)(C)C)C2CC2)cc1. The van der Waals surface area contributed by atoms with Crippen molar-refractivity contribution in [3.63, 3.8) is 0 Å². The van der Waals surface area contributed by atoms with E-state index in [2.05, 4.69) is 4.98 Å². The van der Waals surface area contributed by atoms with E-state index in [-0.39, 0.29) is 11.9 Å². The van der Waals surface area contributed by atoms with E-state index in [9.17, 15) is 14.7 Å². The van der Waals surface area contributed by atoms with Gasteiger partial charge in [-0.05, 0) is 69.2 Å². The Morgan fingerprint density at radius 1 is 1.12 bits per heavy atom.